The third-order valence-electron chi connectivity index (χ3n) is 2.70. The van der Waals surface area contributed by atoms with Gasteiger partial charge in [0.15, 0.2) is 0 Å². The second-order valence-corrected chi connectivity index (χ2v) is 4.29. The molecule has 1 aromatic heterocycles. The van der Waals surface area contributed by atoms with Crippen molar-refractivity contribution in [3.63, 3.8) is 0 Å². The quantitative estimate of drug-likeness (QED) is 0.834. The molecule has 5 heteroatoms. The van der Waals surface area contributed by atoms with E-state index in [1.54, 1.807) is 0 Å². The smallest absolute Gasteiger partial charge is 0.227 e. The molecular formula is C13H15N3O2. The Kier molecular flexibility index (Phi) is 3.41. The fourth-order valence-electron chi connectivity index (χ4n) is 1.54. The number of hydrogen-bond donors (Lipinski definition) is 1. The van der Waals surface area contributed by atoms with Gasteiger partial charge in [0, 0.05) is 24.1 Å². The number of ketones is 1. The first-order valence-electron chi connectivity index (χ1n) is 5.75. The van der Waals surface area contributed by atoms with Crippen LogP contribution in [0, 0.1) is 6.92 Å². The molecule has 0 bridgehead atoms. The molecule has 0 fully saturated rings. The van der Waals surface area contributed by atoms with Crippen molar-refractivity contribution in [2.75, 3.05) is 5.73 Å². The second kappa shape index (κ2) is 5.00. The van der Waals surface area contributed by atoms with E-state index in [2.05, 4.69) is 10.1 Å². The number of aromatic nitrogens is 2. The van der Waals surface area contributed by atoms with Crippen molar-refractivity contribution in [2.24, 2.45) is 0 Å². The number of anilines is 1. The van der Waals surface area contributed by atoms with E-state index >= 15 is 0 Å². The van der Waals surface area contributed by atoms with E-state index in [0.29, 0.717) is 30.2 Å². The van der Waals surface area contributed by atoms with Crippen LogP contribution in [0.3, 0.4) is 0 Å². The van der Waals surface area contributed by atoms with Crippen LogP contribution in [-0.2, 0) is 11.2 Å². The molecule has 0 radical (unpaired) electrons. The number of nitrogen functional groups attached to an aromatic ring is 1. The highest BCUT2D eigenvalue weighted by atomic mass is 16.5. The lowest BCUT2D eigenvalue weighted by Crippen LogP contribution is -1.94. The zero-order valence-corrected chi connectivity index (χ0v) is 10.4. The van der Waals surface area contributed by atoms with Gasteiger partial charge in [0.05, 0.1) is 0 Å². The molecule has 2 N–H and O–H groups in total. The van der Waals surface area contributed by atoms with Crippen molar-refractivity contribution in [1.29, 1.82) is 0 Å². The van der Waals surface area contributed by atoms with E-state index in [9.17, 15) is 4.79 Å². The van der Waals surface area contributed by atoms with Crippen LogP contribution in [0.5, 0.6) is 0 Å². The Morgan fingerprint density at radius 2 is 2.22 bits per heavy atom. The highest BCUT2D eigenvalue weighted by Crippen LogP contribution is 2.21. The van der Waals surface area contributed by atoms with Crippen LogP contribution in [-0.4, -0.2) is 15.9 Å². The summed E-state index contributed by atoms with van der Waals surface area (Å²) < 4.78 is 5.09. The van der Waals surface area contributed by atoms with E-state index in [1.165, 1.54) is 6.92 Å². The minimum atomic E-state index is 0.106. The third kappa shape index (κ3) is 2.74. The number of Topliss-reactive ketones (excluding diaryl/α,β-unsaturated/α-hetero) is 1. The van der Waals surface area contributed by atoms with E-state index in [4.69, 9.17) is 10.3 Å². The Morgan fingerprint density at radius 1 is 1.44 bits per heavy atom. The molecular weight excluding hydrogens is 230 g/mol. The fraction of sp³-hybridized carbons (Fsp3) is 0.308. The standard InChI is InChI=1S/C13H15N3O2/c1-8-3-5-10(7-11(8)14)13-15-12(18-16-13)6-4-9(2)17/h3,5,7H,4,6,14H2,1-2H3. The predicted molar refractivity (Wildman–Crippen MR) is 67.9 cm³/mol. The van der Waals surface area contributed by atoms with Gasteiger partial charge < -0.3 is 15.1 Å². The van der Waals surface area contributed by atoms with E-state index in [-0.39, 0.29) is 5.78 Å². The first-order valence-corrected chi connectivity index (χ1v) is 5.75. The molecule has 0 unspecified atom stereocenters. The summed E-state index contributed by atoms with van der Waals surface area (Å²) in [6.07, 6.45) is 0.890. The Hall–Kier alpha value is -2.17. The molecule has 0 saturated carbocycles. The van der Waals surface area contributed by atoms with E-state index in [0.717, 1.165) is 11.1 Å². The lowest BCUT2D eigenvalue weighted by molar-refractivity contribution is -0.117. The molecule has 5 nitrogen and oxygen atoms in total. The molecule has 0 aliphatic heterocycles. The minimum Gasteiger partial charge on any atom is -0.398 e. The molecule has 94 valence electrons. The molecule has 0 amide bonds. The van der Waals surface area contributed by atoms with Crippen molar-refractivity contribution in [2.45, 2.75) is 26.7 Å². The average Bonchev–Trinajstić information content (AvgIpc) is 2.79. The molecule has 0 saturated heterocycles. The van der Waals surface area contributed by atoms with Crippen molar-refractivity contribution in [3.05, 3.63) is 29.7 Å². The Morgan fingerprint density at radius 3 is 2.89 bits per heavy atom. The largest absolute Gasteiger partial charge is 0.398 e. The van der Waals surface area contributed by atoms with Crippen LogP contribution in [0.4, 0.5) is 5.69 Å². The Labute approximate surface area is 105 Å². The fourth-order valence-corrected chi connectivity index (χ4v) is 1.54. The topological polar surface area (TPSA) is 82.0 Å². The monoisotopic (exact) mass is 245 g/mol. The van der Waals surface area contributed by atoms with Gasteiger partial charge in [-0.3, -0.25) is 0 Å². The zero-order valence-electron chi connectivity index (χ0n) is 10.4. The Bertz CT molecular complexity index is 575. The van der Waals surface area contributed by atoms with Crippen molar-refractivity contribution in [1.82, 2.24) is 10.1 Å². The lowest BCUT2D eigenvalue weighted by atomic mass is 10.1. The minimum absolute atomic E-state index is 0.106. The maximum absolute atomic E-state index is 10.9. The lowest BCUT2D eigenvalue weighted by Gasteiger charge is -2.00. The van der Waals surface area contributed by atoms with Crippen LogP contribution < -0.4 is 5.73 Å². The highest BCUT2D eigenvalue weighted by Gasteiger charge is 2.10. The summed E-state index contributed by atoms with van der Waals surface area (Å²) in [7, 11) is 0. The number of carbonyl (C=O) groups excluding carboxylic acids is 1. The number of nitrogens with two attached hydrogens (primary N) is 1. The van der Waals surface area contributed by atoms with Crippen LogP contribution in [0.2, 0.25) is 0 Å². The van der Waals surface area contributed by atoms with Crippen LogP contribution >= 0.6 is 0 Å². The second-order valence-electron chi connectivity index (χ2n) is 4.29. The number of nitrogens with zero attached hydrogens (tertiary/aromatic N) is 2. The molecule has 0 aliphatic carbocycles. The summed E-state index contributed by atoms with van der Waals surface area (Å²) in [5, 5.41) is 3.88. The van der Waals surface area contributed by atoms with Gasteiger partial charge in [0.25, 0.3) is 0 Å². The molecule has 2 aromatic rings. The van der Waals surface area contributed by atoms with Gasteiger partial charge in [-0.2, -0.15) is 4.98 Å². The maximum Gasteiger partial charge on any atom is 0.227 e. The molecule has 0 spiro atoms. The summed E-state index contributed by atoms with van der Waals surface area (Å²) in [6, 6.07) is 5.62. The average molecular weight is 245 g/mol. The summed E-state index contributed by atoms with van der Waals surface area (Å²) in [6.45, 7) is 3.48. The van der Waals surface area contributed by atoms with Gasteiger partial charge in [-0.25, -0.2) is 0 Å². The van der Waals surface area contributed by atoms with Crippen LogP contribution in [0.25, 0.3) is 11.4 Å². The number of aryl methyl sites for hydroxylation is 2. The van der Waals surface area contributed by atoms with Gasteiger partial charge in [0.1, 0.15) is 5.78 Å². The van der Waals surface area contributed by atoms with Gasteiger partial charge in [-0.15, -0.1) is 0 Å². The molecule has 2 rings (SSSR count). The first-order chi connectivity index (χ1) is 8.56. The highest BCUT2D eigenvalue weighted by molar-refractivity contribution is 5.75. The third-order valence-corrected chi connectivity index (χ3v) is 2.70. The summed E-state index contributed by atoms with van der Waals surface area (Å²) in [4.78, 5) is 15.1. The molecule has 0 aliphatic rings. The van der Waals surface area contributed by atoms with E-state index < -0.39 is 0 Å². The van der Waals surface area contributed by atoms with Gasteiger partial charge in [-0.05, 0) is 25.5 Å². The Balaban J connectivity index is 2.18. The van der Waals surface area contributed by atoms with E-state index in [1.807, 2.05) is 25.1 Å². The van der Waals surface area contributed by atoms with Gasteiger partial charge in [-0.1, -0.05) is 17.3 Å². The normalized spacial score (nSPS) is 10.6. The van der Waals surface area contributed by atoms with Crippen molar-refractivity contribution in [3.8, 4) is 11.4 Å². The summed E-state index contributed by atoms with van der Waals surface area (Å²) in [5.41, 5.74) is 8.36. The zero-order chi connectivity index (χ0) is 13.1. The van der Waals surface area contributed by atoms with Crippen LogP contribution in [0.1, 0.15) is 24.8 Å². The molecule has 1 heterocycles. The molecule has 1 aromatic carbocycles. The number of carbonyl (C=O) groups is 1. The number of hydrogen-bond acceptors (Lipinski definition) is 5. The SMILES string of the molecule is CC(=O)CCc1nc(-c2ccc(C)c(N)c2)no1. The maximum atomic E-state index is 10.9. The van der Waals surface area contributed by atoms with Crippen molar-refractivity contribution < 1.29 is 9.32 Å². The number of rotatable bonds is 4. The van der Waals surface area contributed by atoms with Gasteiger partial charge >= 0.3 is 0 Å². The van der Waals surface area contributed by atoms with Crippen LogP contribution in [0.15, 0.2) is 22.7 Å². The van der Waals surface area contributed by atoms with Gasteiger partial charge in [0.2, 0.25) is 11.7 Å². The number of benzene rings is 1. The first kappa shape index (κ1) is 12.3. The molecule has 18 heavy (non-hydrogen) atoms. The summed E-state index contributed by atoms with van der Waals surface area (Å²) in [5.74, 6) is 1.08. The predicted octanol–water partition coefficient (Wildman–Crippen LogP) is 2.15. The molecule has 0 atom stereocenters. The summed E-state index contributed by atoms with van der Waals surface area (Å²) >= 11 is 0. The van der Waals surface area contributed by atoms with Crippen molar-refractivity contribution >= 4 is 11.5 Å².